The number of hydrogen-bond acceptors (Lipinski definition) is 2. The summed E-state index contributed by atoms with van der Waals surface area (Å²) in [6.07, 6.45) is 5.95. The van der Waals surface area contributed by atoms with Gasteiger partial charge in [0.1, 0.15) is 0 Å². The van der Waals surface area contributed by atoms with Crippen molar-refractivity contribution in [3.8, 4) is 5.75 Å². The van der Waals surface area contributed by atoms with Crippen molar-refractivity contribution < 1.29 is 19.0 Å². The third-order valence-electron chi connectivity index (χ3n) is 2.90. The molecule has 0 amide bonds. The SMILES string of the molecule is CCCCCc1c(C=CC(=O)O)ccc(OC)c1F. The first-order chi connectivity index (χ1) is 9.10. The van der Waals surface area contributed by atoms with Crippen LogP contribution in [0.2, 0.25) is 0 Å². The van der Waals surface area contributed by atoms with Crippen molar-refractivity contribution >= 4 is 12.0 Å². The van der Waals surface area contributed by atoms with Gasteiger partial charge in [-0.15, -0.1) is 0 Å². The van der Waals surface area contributed by atoms with Crippen molar-refractivity contribution in [3.63, 3.8) is 0 Å². The third kappa shape index (κ3) is 4.39. The predicted molar refractivity (Wildman–Crippen MR) is 72.9 cm³/mol. The number of halogens is 1. The van der Waals surface area contributed by atoms with Crippen LogP contribution in [0.4, 0.5) is 4.39 Å². The molecule has 0 aromatic heterocycles. The van der Waals surface area contributed by atoms with E-state index >= 15 is 0 Å². The molecule has 0 spiro atoms. The summed E-state index contributed by atoms with van der Waals surface area (Å²) in [6, 6.07) is 3.20. The molecule has 19 heavy (non-hydrogen) atoms. The minimum absolute atomic E-state index is 0.193. The first-order valence-electron chi connectivity index (χ1n) is 6.36. The molecule has 0 saturated carbocycles. The zero-order valence-corrected chi connectivity index (χ0v) is 11.3. The highest BCUT2D eigenvalue weighted by Crippen LogP contribution is 2.26. The Labute approximate surface area is 112 Å². The van der Waals surface area contributed by atoms with E-state index in [-0.39, 0.29) is 5.75 Å². The van der Waals surface area contributed by atoms with E-state index in [2.05, 4.69) is 6.92 Å². The summed E-state index contributed by atoms with van der Waals surface area (Å²) >= 11 is 0. The number of unbranched alkanes of at least 4 members (excludes halogenated alkanes) is 2. The van der Waals surface area contributed by atoms with Crippen LogP contribution in [0.5, 0.6) is 5.75 Å². The minimum Gasteiger partial charge on any atom is -0.494 e. The zero-order valence-electron chi connectivity index (χ0n) is 11.3. The van der Waals surface area contributed by atoms with Crippen molar-refractivity contribution in [1.29, 1.82) is 0 Å². The van der Waals surface area contributed by atoms with Gasteiger partial charge in [-0.2, -0.15) is 0 Å². The number of methoxy groups -OCH3 is 1. The standard InChI is InChI=1S/C15H19FO3/c1-3-4-5-6-12-11(8-10-14(17)18)7-9-13(19-2)15(12)16/h7-10H,3-6H2,1-2H3,(H,17,18). The fourth-order valence-electron chi connectivity index (χ4n) is 1.90. The Hall–Kier alpha value is -1.84. The Balaban J connectivity index is 3.07. The topological polar surface area (TPSA) is 46.5 Å². The monoisotopic (exact) mass is 266 g/mol. The number of aliphatic carboxylic acids is 1. The Morgan fingerprint density at radius 3 is 2.74 bits per heavy atom. The van der Waals surface area contributed by atoms with Gasteiger partial charge in [0.2, 0.25) is 0 Å². The second-order valence-corrected chi connectivity index (χ2v) is 4.28. The zero-order chi connectivity index (χ0) is 14.3. The molecule has 0 heterocycles. The summed E-state index contributed by atoms with van der Waals surface area (Å²) in [4.78, 5) is 10.5. The molecule has 0 aliphatic rings. The van der Waals surface area contributed by atoms with Gasteiger partial charge in [-0.05, 0) is 36.1 Å². The van der Waals surface area contributed by atoms with Crippen LogP contribution < -0.4 is 4.74 Å². The van der Waals surface area contributed by atoms with Gasteiger partial charge in [-0.3, -0.25) is 0 Å². The van der Waals surface area contributed by atoms with E-state index in [4.69, 9.17) is 9.84 Å². The van der Waals surface area contributed by atoms with Crippen LogP contribution in [-0.2, 0) is 11.2 Å². The van der Waals surface area contributed by atoms with Crippen LogP contribution in [0.3, 0.4) is 0 Å². The molecule has 0 saturated heterocycles. The minimum atomic E-state index is -1.05. The van der Waals surface area contributed by atoms with Crippen LogP contribution in [-0.4, -0.2) is 18.2 Å². The molecule has 1 N–H and O–H groups in total. The summed E-state index contributed by atoms with van der Waals surface area (Å²) in [7, 11) is 1.42. The molecule has 0 radical (unpaired) electrons. The van der Waals surface area contributed by atoms with E-state index < -0.39 is 11.8 Å². The lowest BCUT2D eigenvalue weighted by Gasteiger charge is -2.11. The Bertz CT molecular complexity index is 467. The summed E-state index contributed by atoms with van der Waals surface area (Å²) in [6.45, 7) is 2.08. The first-order valence-corrected chi connectivity index (χ1v) is 6.36. The molecule has 0 aliphatic carbocycles. The number of ether oxygens (including phenoxy) is 1. The summed E-state index contributed by atoms with van der Waals surface area (Å²) in [5.74, 6) is -1.25. The second kappa shape index (κ2) is 7.56. The summed E-state index contributed by atoms with van der Waals surface area (Å²) in [5.41, 5.74) is 1.11. The fraction of sp³-hybridized carbons (Fsp3) is 0.400. The second-order valence-electron chi connectivity index (χ2n) is 4.28. The predicted octanol–water partition coefficient (Wildman–Crippen LogP) is 3.66. The molecule has 1 aromatic carbocycles. The van der Waals surface area contributed by atoms with Crippen molar-refractivity contribution in [2.24, 2.45) is 0 Å². The fourth-order valence-corrected chi connectivity index (χ4v) is 1.90. The van der Waals surface area contributed by atoms with E-state index in [1.165, 1.54) is 19.3 Å². The molecule has 0 aliphatic heterocycles. The van der Waals surface area contributed by atoms with Crippen molar-refractivity contribution in [3.05, 3.63) is 35.2 Å². The molecule has 1 rings (SSSR count). The Morgan fingerprint density at radius 2 is 2.16 bits per heavy atom. The smallest absolute Gasteiger partial charge is 0.328 e. The maximum atomic E-state index is 14.2. The molecule has 3 nitrogen and oxygen atoms in total. The Morgan fingerprint density at radius 1 is 1.42 bits per heavy atom. The lowest BCUT2D eigenvalue weighted by molar-refractivity contribution is -0.131. The summed E-state index contributed by atoms with van der Waals surface area (Å²) in [5, 5.41) is 8.64. The van der Waals surface area contributed by atoms with Gasteiger partial charge in [0.05, 0.1) is 7.11 Å². The van der Waals surface area contributed by atoms with Crippen LogP contribution in [0.25, 0.3) is 6.08 Å². The van der Waals surface area contributed by atoms with Gasteiger partial charge in [0, 0.05) is 6.08 Å². The highest BCUT2D eigenvalue weighted by molar-refractivity contribution is 5.85. The van der Waals surface area contributed by atoms with Crippen LogP contribution in [0.1, 0.15) is 37.3 Å². The molecule has 0 unspecified atom stereocenters. The number of rotatable bonds is 7. The number of hydrogen-bond donors (Lipinski definition) is 1. The maximum Gasteiger partial charge on any atom is 0.328 e. The van der Waals surface area contributed by atoms with Gasteiger partial charge in [-0.1, -0.05) is 25.8 Å². The first kappa shape index (κ1) is 15.2. The molecular weight excluding hydrogens is 247 g/mol. The molecule has 0 bridgehead atoms. The largest absolute Gasteiger partial charge is 0.494 e. The molecule has 104 valence electrons. The average molecular weight is 266 g/mol. The lowest BCUT2D eigenvalue weighted by atomic mass is 9.99. The van der Waals surface area contributed by atoms with Crippen molar-refractivity contribution in [2.45, 2.75) is 32.6 Å². The number of carbonyl (C=O) groups is 1. The van der Waals surface area contributed by atoms with Gasteiger partial charge in [0.25, 0.3) is 0 Å². The molecule has 0 fully saturated rings. The quantitative estimate of drug-likeness (QED) is 0.605. The van der Waals surface area contributed by atoms with Crippen molar-refractivity contribution in [2.75, 3.05) is 7.11 Å². The van der Waals surface area contributed by atoms with Gasteiger partial charge in [0.15, 0.2) is 11.6 Å². The molecule has 4 heteroatoms. The number of carboxylic acid groups (broad SMARTS) is 1. The van der Waals surface area contributed by atoms with Gasteiger partial charge >= 0.3 is 5.97 Å². The van der Waals surface area contributed by atoms with Crippen LogP contribution >= 0.6 is 0 Å². The van der Waals surface area contributed by atoms with E-state index in [9.17, 15) is 9.18 Å². The van der Waals surface area contributed by atoms with Gasteiger partial charge in [-0.25, -0.2) is 9.18 Å². The third-order valence-corrected chi connectivity index (χ3v) is 2.90. The molecule has 1 aromatic rings. The normalized spacial score (nSPS) is 10.9. The summed E-state index contributed by atoms with van der Waals surface area (Å²) < 4.78 is 19.1. The number of benzene rings is 1. The van der Waals surface area contributed by atoms with Crippen LogP contribution in [0.15, 0.2) is 18.2 Å². The maximum absolute atomic E-state index is 14.2. The van der Waals surface area contributed by atoms with E-state index in [0.29, 0.717) is 17.5 Å². The lowest BCUT2D eigenvalue weighted by Crippen LogP contribution is -1.99. The van der Waals surface area contributed by atoms with Gasteiger partial charge < -0.3 is 9.84 Å². The van der Waals surface area contributed by atoms with Crippen LogP contribution in [0, 0.1) is 5.82 Å². The highest BCUT2D eigenvalue weighted by atomic mass is 19.1. The van der Waals surface area contributed by atoms with E-state index in [1.54, 1.807) is 6.07 Å². The van der Waals surface area contributed by atoms with E-state index in [0.717, 1.165) is 25.3 Å². The molecular formula is C15H19FO3. The number of carboxylic acids is 1. The Kier molecular flexibility index (Phi) is 6.06. The highest BCUT2D eigenvalue weighted by Gasteiger charge is 2.12. The molecule has 0 atom stereocenters. The van der Waals surface area contributed by atoms with E-state index in [1.807, 2.05) is 0 Å². The van der Waals surface area contributed by atoms with Crippen molar-refractivity contribution in [1.82, 2.24) is 0 Å². The average Bonchev–Trinajstić information content (AvgIpc) is 2.39.